The summed E-state index contributed by atoms with van der Waals surface area (Å²) in [5.41, 5.74) is 0.168. The maximum Gasteiger partial charge on any atom is 0.257 e. The molecule has 3 aromatic rings. The molecule has 36 heavy (non-hydrogen) atoms. The number of carbonyl (C=O) groups excluding carboxylic acids is 2. The molecule has 2 aliphatic rings. The van der Waals surface area contributed by atoms with Crippen LogP contribution in [-0.4, -0.2) is 52.4 Å². The number of benzene rings is 2. The van der Waals surface area contributed by atoms with Crippen molar-refractivity contribution in [2.75, 3.05) is 30.3 Å². The highest BCUT2D eigenvalue weighted by atomic mass is 16.3. The van der Waals surface area contributed by atoms with Gasteiger partial charge in [-0.15, -0.1) is 0 Å². The van der Waals surface area contributed by atoms with Gasteiger partial charge in [0.05, 0.1) is 17.3 Å². The lowest BCUT2D eigenvalue weighted by Gasteiger charge is -2.37. The summed E-state index contributed by atoms with van der Waals surface area (Å²) in [5, 5.41) is 17.0. The maximum absolute atomic E-state index is 13.2. The standard InChI is InChI=1S/C27H28N4O5/c1-2-19(16-7-4-3-5-8-16)28-22-23(26(35)25(22)34)29-20-10-6-9-18(24(20)33)27(36)30-13-14-31-17(15-30)11-12-21(31)32/h3-10,17,19,28-29,33H,2,11-15H2,1H3. The van der Waals surface area contributed by atoms with Gasteiger partial charge >= 0.3 is 0 Å². The van der Waals surface area contributed by atoms with Gasteiger partial charge in [-0.05, 0) is 30.5 Å². The SMILES string of the molecule is CCC(Nc1c(Nc2cccc(C(=O)N3CCN4C(=O)CCC4C3)c2O)c(=O)c1=O)c1ccccc1. The van der Waals surface area contributed by atoms with Crippen LogP contribution in [0.4, 0.5) is 17.1 Å². The van der Waals surface area contributed by atoms with E-state index >= 15 is 0 Å². The van der Waals surface area contributed by atoms with Crippen molar-refractivity contribution in [3.8, 4) is 5.75 Å². The summed E-state index contributed by atoms with van der Waals surface area (Å²) in [7, 11) is 0. The number of fused-ring (bicyclic) bond motifs is 1. The Labute approximate surface area is 208 Å². The molecule has 2 amide bonds. The number of phenols is 1. The van der Waals surface area contributed by atoms with Crippen LogP contribution < -0.4 is 21.5 Å². The van der Waals surface area contributed by atoms with E-state index in [1.165, 1.54) is 6.07 Å². The van der Waals surface area contributed by atoms with E-state index in [2.05, 4.69) is 10.6 Å². The minimum Gasteiger partial charge on any atom is -0.505 e. The van der Waals surface area contributed by atoms with Crippen molar-refractivity contribution in [1.29, 1.82) is 0 Å². The van der Waals surface area contributed by atoms with Crippen molar-refractivity contribution < 1.29 is 14.7 Å². The minimum atomic E-state index is -0.682. The van der Waals surface area contributed by atoms with E-state index in [0.717, 1.165) is 12.0 Å². The first kappa shape index (κ1) is 23.6. The molecule has 2 fully saturated rings. The Morgan fingerprint density at radius 2 is 1.78 bits per heavy atom. The number of para-hydroxylation sites is 1. The molecule has 0 saturated carbocycles. The molecule has 2 aliphatic heterocycles. The normalized spacial score (nSPS) is 18.2. The quantitative estimate of drug-likeness (QED) is 0.346. The molecular weight excluding hydrogens is 460 g/mol. The molecule has 2 heterocycles. The number of rotatable bonds is 7. The Kier molecular flexibility index (Phi) is 6.22. The van der Waals surface area contributed by atoms with Gasteiger partial charge in [0.2, 0.25) is 5.91 Å². The highest BCUT2D eigenvalue weighted by Crippen LogP contribution is 2.34. The minimum absolute atomic E-state index is 0.00664. The predicted octanol–water partition coefficient (Wildman–Crippen LogP) is 2.74. The molecule has 9 nitrogen and oxygen atoms in total. The molecule has 186 valence electrons. The fourth-order valence-corrected chi connectivity index (χ4v) is 5.10. The third-order valence-corrected chi connectivity index (χ3v) is 7.15. The van der Waals surface area contributed by atoms with Gasteiger partial charge in [0.1, 0.15) is 11.4 Å². The Balaban J connectivity index is 1.35. The number of carbonyl (C=O) groups is 2. The van der Waals surface area contributed by atoms with Gasteiger partial charge in [-0.3, -0.25) is 19.2 Å². The third-order valence-electron chi connectivity index (χ3n) is 7.15. The molecule has 0 aromatic heterocycles. The lowest BCUT2D eigenvalue weighted by Crippen LogP contribution is -2.53. The second kappa shape index (κ2) is 9.49. The zero-order chi connectivity index (χ0) is 25.4. The molecule has 0 spiro atoms. The number of amides is 2. The van der Waals surface area contributed by atoms with Crippen LogP contribution in [0.2, 0.25) is 0 Å². The highest BCUT2D eigenvalue weighted by molar-refractivity contribution is 5.99. The van der Waals surface area contributed by atoms with Crippen LogP contribution in [0.25, 0.3) is 0 Å². The van der Waals surface area contributed by atoms with Crippen molar-refractivity contribution in [3.63, 3.8) is 0 Å². The van der Waals surface area contributed by atoms with Crippen LogP contribution in [0.3, 0.4) is 0 Å². The number of aromatic hydroxyl groups is 1. The fourth-order valence-electron chi connectivity index (χ4n) is 5.10. The molecule has 5 rings (SSSR count). The zero-order valence-corrected chi connectivity index (χ0v) is 20.0. The number of nitrogens with zero attached hydrogens (tertiary/aromatic N) is 2. The van der Waals surface area contributed by atoms with Gasteiger partial charge in [-0.1, -0.05) is 43.3 Å². The topological polar surface area (TPSA) is 119 Å². The molecule has 0 radical (unpaired) electrons. The predicted molar refractivity (Wildman–Crippen MR) is 136 cm³/mol. The number of hydrogen-bond donors (Lipinski definition) is 3. The Morgan fingerprint density at radius 1 is 1.03 bits per heavy atom. The highest BCUT2D eigenvalue weighted by Gasteiger charge is 2.37. The van der Waals surface area contributed by atoms with Crippen molar-refractivity contribution in [2.24, 2.45) is 0 Å². The summed E-state index contributed by atoms with van der Waals surface area (Å²) < 4.78 is 0. The zero-order valence-electron chi connectivity index (χ0n) is 20.0. The Morgan fingerprint density at radius 3 is 2.53 bits per heavy atom. The van der Waals surface area contributed by atoms with Crippen molar-refractivity contribution in [2.45, 2.75) is 38.3 Å². The van der Waals surface area contributed by atoms with Crippen molar-refractivity contribution in [1.82, 2.24) is 9.80 Å². The molecule has 2 unspecified atom stereocenters. The molecule has 3 aromatic carbocycles. The average molecular weight is 489 g/mol. The van der Waals surface area contributed by atoms with E-state index in [0.29, 0.717) is 32.5 Å². The number of nitrogens with one attached hydrogen (secondary N) is 2. The molecule has 0 aliphatic carbocycles. The maximum atomic E-state index is 13.2. The van der Waals surface area contributed by atoms with E-state index in [9.17, 15) is 24.3 Å². The smallest absolute Gasteiger partial charge is 0.257 e. The summed E-state index contributed by atoms with van der Waals surface area (Å²) in [4.78, 5) is 53.4. The Hall–Kier alpha value is -4.14. The second-order valence-electron chi connectivity index (χ2n) is 9.28. The first-order valence-electron chi connectivity index (χ1n) is 12.2. The summed E-state index contributed by atoms with van der Waals surface area (Å²) in [6.45, 7) is 3.27. The lowest BCUT2D eigenvalue weighted by molar-refractivity contribution is -0.130. The molecule has 3 N–H and O–H groups in total. The van der Waals surface area contributed by atoms with E-state index in [-0.39, 0.29) is 52.3 Å². The van der Waals surface area contributed by atoms with Crippen molar-refractivity contribution >= 4 is 28.9 Å². The fraction of sp³-hybridized carbons (Fsp3) is 0.333. The van der Waals surface area contributed by atoms with Crippen LogP contribution >= 0.6 is 0 Å². The first-order chi connectivity index (χ1) is 17.4. The van der Waals surface area contributed by atoms with Gasteiger partial charge in [-0.25, -0.2) is 0 Å². The van der Waals surface area contributed by atoms with Crippen LogP contribution in [0.1, 0.15) is 48.1 Å². The summed E-state index contributed by atoms with van der Waals surface area (Å²) in [6, 6.07) is 14.1. The van der Waals surface area contributed by atoms with Crippen molar-refractivity contribution in [3.05, 3.63) is 80.1 Å². The lowest BCUT2D eigenvalue weighted by atomic mass is 10.0. The summed E-state index contributed by atoms with van der Waals surface area (Å²) >= 11 is 0. The number of anilines is 3. The first-order valence-corrected chi connectivity index (χ1v) is 12.2. The van der Waals surface area contributed by atoms with Gasteiger partial charge in [0, 0.05) is 32.1 Å². The van der Waals surface area contributed by atoms with Crippen LogP contribution in [-0.2, 0) is 4.79 Å². The van der Waals surface area contributed by atoms with E-state index in [1.807, 2.05) is 42.2 Å². The van der Waals surface area contributed by atoms with E-state index < -0.39 is 10.9 Å². The molecular formula is C27H28N4O5. The second-order valence-corrected chi connectivity index (χ2v) is 9.28. The van der Waals surface area contributed by atoms with E-state index in [4.69, 9.17) is 0 Å². The number of piperazine rings is 1. The molecule has 9 heteroatoms. The number of hydrogen-bond acceptors (Lipinski definition) is 7. The van der Waals surface area contributed by atoms with Crippen LogP contribution in [0.15, 0.2) is 58.1 Å². The number of phenolic OH excluding ortho intramolecular Hbond substituents is 1. The van der Waals surface area contributed by atoms with Gasteiger partial charge in [0.15, 0.2) is 5.75 Å². The van der Waals surface area contributed by atoms with Gasteiger partial charge in [-0.2, -0.15) is 0 Å². The molecule has 2 saturated heterocycles. The third kappa shape index (κ3) is 4.10. The summed E-state index contributed by atoms with van der Waals surface area (Å²) in [6.07, 6.45) is 1.91. The molecule has 0 bridgehead atoms. The van der Waals surface area contributed by atoms with Crippen LogP contribution in [0.5, 0.6) is 5.75 Å². The largest absolute Gasteiger partial charge is 0.505 e. The monoisotopic (exact) mass is 488 g/mol. The van der Waals surface area contributed by atoms with Gasteiger partial charge in [0.25, 0.3) is 16.8 Å². The summed E-state index contributed by atoms with van der Waals surface area (Å²) in [5.74, 6) is -0.508. The van der Waals surface area contributed by atoms with Crippen LogP contribution in [0, 0.1) is 0 Å². The van der Waals surface area contributed by atoms with E-state index in [1.54, 1.807) is 17.0 Å². The average Bonchev–Trinajstić information content (AvgIpc) is 3.28. The molecule has 2 atom stereocenters. The van der Waals surface area contributed by atoms with Gasteiger partial charge < -0.3 is 25.5 Å². The Bertz CT molecular complexity index is 1380.